The Bertz CT molecular complexity index is 607. The molecule has 5 heteroatoms. The molecule has 0 radical (unpaired) electrons. The van der Waals surface area contributed by atoms with Crippen LogP contribution in [0.25, 0.3) is 0 Å². The average molecular weight is 346 g/mol. The number of benzene rings is 1. The van der Waals surface area contributed by atoms with Crippen molar-refractivity contribution in [3.63, 3.8) is 0 Å². The van der Waals surface area contributed by atoms with Crippen LogP contribution in [-0.2, 0) is 20.7 Å². The molecule has 1 saturated heterocycles. The van der Waals surface area contributed by atoms with Gasteiger partial charge in [0.05, 0.1) is 6.10 Å². The van der Waals surface area contributed by atoms with Gasteiger partial charge in [-0.3, -0.25) is 9.59 Å². The molecule has 2 amide bonds. The fraction of sp³-hybridized carbons (Fsp3) is 0.600. The largest absolute Gasteiger partial charge is 0.377 e. The van der Waals surface area contributed by atoms with Crippen LogP contribution in [0.1, 0.15) is 46.1 Å². The van der Waals surface area contributed by atoms with E-state index in [-0.39, 0.29) is 17.4 Å². The van der Waals surface area contributed by atoms with Gasteiger partial charge in [-0.1, -0.05) is 45.9 Å². The number of nitrogens with one attached hydrogen (secondary N) is 2. The van der Waals surface area contributed by atoms with Gasteiger partial charge >= 0.3 is 11.8 Å². The summed E-state index contributed by atoms with van der Waals surface area (Å²) in [5.41, 5.74) is 1.72. The Hall–Kier alpha value is -1.88. The summed E-state index contributed by atoms with van der Waals surface area (Å²) in [4.78, 5) is 24.4. The molecule has 0 bridgehead atoms. The predicted molar refractivity (Wildman–Crippen MR) is 99.4 cm³/mol. The van der Waals surface area contributed by atoms with Gasteiger partial charge in [-0.05, 0) is 36.3 Å². The first-order valence-corrected chi connectivity index (χ1v) is 9.11. The summed E-state index contributed by atoms with van der Waals surface area (Å²) in [6, 6.07) is 7.53. The van der Waals surface area contributed by atoms with Gasteiger partial charge in [0.25, 0.3) is 0 Å². The van der Waals surface area contributed by atoms with Gasteiger partial charge in [-0.25, -0.2) is 0 Å². The highest BCUT2D eigenvalue weighted by Crippen LogP contribution is 2.33. The standard InChI is InChI=1S/C20H30N2O3/c1-5-14-9-6-7-11-16(14)22-19(24)18(23)21-13-15-10-8-12-25-17(15)20(2,3)4/h6-7,9,11,15,17H,5,8,10,12-13H2,1-4H3,(H,21,23)(H,22,24). The first-order chi connectivity index (χ1) is 11.8. The number of amides is 2. The van der Waals surface area contributed by atoms with Crippen LogP contribution in [0.2, 0.25) is 0 Å². The van der Waals surface area contributed by atoms with Gasteiger partial charge in [0, 0.05) is 24.8 Å². The molecule has 1 heterocycles. The zero-order chi connectivity index (χ0) is 18.4. The van der Waals surface area contributed by atoms with Gasteiger partial charge in [-0.2, -0.15) is 0 Å². The minimum atomic E-state index is -0.620. The number of hydrogen-bond acceptors (Lipinski definition) is 3. The van der Waals surface area contributed by atoms with E-state index in [1.165, 1.54) is 0 Å². The molecule has 1 aliphatic heterocycles. The minimum absolute atomic E-state index is 0.0120. The van der Waals surface area contributed by atoms with E-state index < -0.39 is 11.8 Å². The zero-order valence-corrected chi connectivity index (χ0v) is 15.7. The van der Waals surface area contributed by atoms with Crippen molar-refractivity contribution in [1.29, 1.82) is 0 Å². The second-order valence-electron chi connectivity index (χ2n) is 7.73. The fourth-order valence-electron chi connectivity index (χ4n) is 3.44. The van der Waals surface area contributed by atoms with Crippen LogP contribution in [0.5, 0.6) is 0 Å². The van der Waals surface area contributed by atoms with E-state index in [1.807, 2.05) is 31.2 Å². The number of hydrogen-bond donors (Lipinski definition) is 2. The smallest absolute Gasteiger partial charge is 0.313 e. The molecule has 2 rings (SSSR count). The summed E-state index contributed by atoms with van der Waals surface area (Å²) in [6.45, 7) is 9.68. The van der Waals surface area contributed by atoms with Crippen LogP contribution in [0.3, 0.4) is 0 Å². The van der Waals surface area contributed by atoms with E-state index in [2.05, 4.69) is 31.4 Å². The second kappa shape index (κ2) is 8.48. The highest BCUT2D eigenvalue weighted by Gasteiger charge is 2.35. The van der Waals surface area contributed by atoms with Gasteiger partial charge in [-0.15, -0.1) is 0 Å². The van der Waals surface area contributed by atoms with Crippen molar-refractivity contribution in [1.82, 2.24) is 5.32 Å². The molecule has 25 heavy (non-hydrogen) atoms. The summed E-state index contributed by atoms with van der Waals surface area (Å²) in [6.07, 6.45) is 2.88. The maximum absolute atomic E-state index is 12.2. The molecule has 0 aliphatic carbocycles. The Morgan fingerprint density at radius 1 is 1.20 bits per heavy atom. The number of carbonyl (C=O) groups is 2. The lowest BCUT2D eigenvalue weighted by molar-refractivity contribution is -0.137. The molecule has 1 aromatic carbocycles. The van der Waals surface area contributed by atoms with Crippen molar-refractivity contribution in [2.24, 2.45) is 11.3 Å². The lowest BCUT2D eigenvalue weighted by Gasteiger charge is -2.40. The molecular weight excluding hydrogens is 316 g/mol. The van der Waals surface area contributed by atoms with Crippen molar-refractivity contribution in [3.8, 4) is 0 Å². The molecule has 2 atom stereocenters. The maximum Gasteiger partial charge on any atom is 0.313 e. The number of para-hydroxylation sites is 1. The number of aryl methyl sites for hydroxylation is 1. The van der Waals surface area contributed by atoms with Gasteiger partial charge < -0.3 is 15.4 Å². The monoisotopic (exact) mass is 346 g/mol. The number of anilines is 1. The first kappa shape index (κ1) is 19.4. The van der Waals surface area contributed by atoms with Gasteiger partial charge in [0.1, 0.15) is 0 Å². The summed E-state index contributed by atoms with van der Waals surface area (Å²) in [7, 11) is 0. The molecule has 1 fully saturated rings. The molecular formula is C20H30N2O3. The summed E-state index contributed by atoms with van der Waals surface area (Å²) in [5.74, 6) is -0.984. The highest BCUT2D eigenvalue weighted by atomic mass is 16.5. The van der Waals surface area contributed by atoms with E-state index in [0.29, 0.717) is 12.2 Å². The summed E-state index contributed by atoms with van der Waals surface area (Å²) < 4.78 is 5.92. The normalized spacial score (nSPS) is 20.8. The molecule has 138 valence electrons. The van der Waals surface area contributed by atoms with Crippen LogP contribution in [0.4, 0.5) is 5.69 Å². The minimum Gasteiger partial charge on any atom is -0.377 e. The number of ether oxygens (including phenoxy) is 1. The quantitative estimate of drug-likeness (QED) is 0.823. The van der Waals surface area contributed by atoms with Crippen molar-refractivity contribution in [2.45, 2.75) is 53.1 Å². The van der Waals surface area contributed by atoms with Crippen LogP contribution < -0.4 is 10.6 Å². The van der Waals surface area contributed by atoms with Gasteiger partial charge in [0.2, 0.25) is 0 Å². The lowest BCUT2D eigenvalue weighted by Crippen LogP contribution is -2.46. The Balaban J connectivity index is 1.91. The Morgan fingerprint density at radius 3 is 2.60 bits per heavy atom. The van der Waals surface area contributed by atoms with Crippen molar-refractivity contribution >= 4 is 17.5 Å². The molecule has 0 aromatic heterocycles. The predicted octanol–water partition coefficient (Wildman–Crippen LogP) is 3.15. The second-order valence-corrected chi connectivity index (χ2v) is 7.73. The fourth-order valence-corrected chi connectivity index (χ4v) is 3.44. The van der Waals surface area contributed by atoms with Crippen molar-refractivity contribution in [3.05, 3.63) is 29.8 Å². The molecule has 1 aromatic rings. The molecule has 0 spiro atoms. The first-order valence-electron chi connectivity index (χ1n) is 9.11. The molecule has 1 aliphatic rings. The van der Waals surface area contributed by atoms with Crippen LogP contribution >= 0.6 is 0 Å². The van der Waals surface area contributed by atoms with Crippen LogP contribution in [0.15, 0.2) is 24.3 Å². The van der Waals surface area contributed by atoms with Crippen molar-refractivity contribution in [2.75, 3.05) is 18.5 Å². The third-order valence-electron chi connectivity index (χ3n) is 4.68. The van der Waals surface area contributed by atoms with Gasteiger partial charge in [0.15, 0.2) is 0 Å². The third kappa shape index (κ3) is 5.30. The number of rotatable bonds is 4. The summed E-state index contributed by atoms with van der Waals surface area (Å²) in [5, 5.41) is 5.49. The third-order valence-corrected chi connectivity index (χ3v) is 4.68. The highest BCUT2D eigenvalue weighted by molar-refractivity contribution is 6.39. The Labute approximate surface area is 150 Å². The Morgan fingerprint density at radius 2 is 1.92 bits per heavy atom. The van der Waals surface area contributed by atoms with E-state index in [0.717, 1.165) is 31.4 Å². The zero-order valence-electron chi connectivity index (χ0n) is 15.7. The number of carbonyl (C=O) groups excluding carboxylic acids is 2. The molecule has 2 N–H and O–H groups in total. The maximum atomic E-state index is 12.2. The SMILES string of the molecule is CCc1ccccc1NC(=O)C(=O)NCC1CCCOC1C(C)(C)C. The van der Waals surface area contributed by atoms with E-state index >= 15 is 0 Å². The van der Waals surface area contributed by atoms with E-state index in [1.54, 1.807) is 0 Å². The average Bonchev–Trinajstić information content (AvgIpc) is 2.59. The van der Waals surface area contributed by atoms with E-state index in [4.69, 9.17) is 4.74 Å². The molecule has 5 nitrogen and oxygen atoms in total. The topological polar surface area (TPSA) is 67.4 Å². The molecule has 0 saturated carbocycles. The van der Waals surface area contributed by atoms with Crippen LogP contribution in [0, 0.1) is 11.3 Å². The summed E-state index contributed by atoms with van der Waals surface area (Å²) >= 11 is 0. The lowest BCUT2D eigenvalue weighted by atomic mass is 9.78. The van der Waals surface area contributed by atoms with Crippen molar-refractivity contribution < 1.29 is 14.3 Å². The van der Waals surface area contributed by atoms with Crippen LogP contribution in [-0.4, -0.2) is 31.1 Å². The Kier molecular flexibility index (Phi) is 6.59. The molecule has 2 unspecified atom stereocenters. The van der Waals surface area contributed by atoms with E-state index in [9.17, 15) is 9.59 Å².